The van der Waals surface area contributed by atoms with E-state index in [0.29, 0.717) is 11.3 Å². The summed E-state index contributed by atoms with van der Waals surface area (Å²) < 4.78 is 17.4. The van der Waals surface area contributed by atoms with Gasteiger partial charge >= 0.3 is 5.97 Å². The number of rotatable bonds is 4. The predicted molar refractivity (Wildman–Crippen MR) is 80.7 cm³/mol. The third kappa shape index (κ3) is 3.82. The lowest BCUT2D eigenvalue weighted by molar-refractivity contribution is 0.0599. The van der Waals surface area contributed by atoms with Gasteiger partial charge in [-0.2, -0.15) is 0 Å². The third-order valence-corrected chi connectivity index (χ3v) is 3.25. The number of aromatic amines is 1. The minimum atomic E-state index is -0.647. The lowest BCUT2D eigenvalue weighted by Crippen LogP contribution is -2.30. The van der Waals surface area contributed by atoms with Crippen LogP contribution in [0.1, 0.15) is 32.0 Å². The summed E-state index contributed by atoms with van der Waals surface area (Å²) in [5.41, 5.74) is 0.303. The van der Waals surface area contributed by atoms with Gasteiger partial charge in [0.1, 0.15) is 11.4 Å². The van der Waals surface area contributed by atoms with Crippen molar-refractivity contribution in [2.45, 2.75) is 13.5 Å². The molecule has 0 aliphatic heterocycles. The highest BCUT2D eigenvalue weighted by Gasteiger charge is 2.17. The number of carbonyl (C=O) groups is 2. The van der Waals surface area contributed by atoms with Crippen molar-refractivity contribution < 1.29 is 18.7 Å². The molecule has 0 unspecified atom stereocenters. The highest BCUT2D eigenvalue weighted by atomic mass is 19.1. The van der Waals surface area contributed by atoms with Crippen LogP contribution < -0.4 is 10.9 Å². The molecule has 1 amide bonds. The lowest BCUT2D eigenvalue weighted by atomic mass is 10.1. The Morgan fingerprint density at radius 1 is 1.22 bits per heavy atom. The molecular formula is C16H15FN2O4. The number of aryl methyl sites for hydroxylation is 1. The van der Waals surface area contributed by atoms with E-state index < -0.39 is 17.4 Å². The summed E-state index contributed by atoms with van der Waals surface area (Å²) >= 11 is 0. The number of esters is 1. The smallest absolute Gasteiger partial charge is 0.339 e. The van der Waals surface area contributed by atoms with Crippen LogP contribution in [0.5, 0.6) is 0 Å². The van der Waals surface area contributed by atoms with Crippen LogP contribution in [-0.2, 0) is 11.3 Å². The Kier molecular flexibility index (Phi) is 4.90. The molecule has 120 valence electrons. The number of halogens is 1. The summed E-state index contributed by atoms with van der Waals surface area (Å²) in [4.78, 5) is 38.1. The number of nitrogens with one attached hydrogen (secondary N) is 2. The monoisotopic (exact) mass is 318 g/mol. The number of methoxy groups -OCH3 is 1. The zero-order valence-corrected chi connectivity index (χ0v) is 12.6. The fourth-order valence-electron chi connectivity index (χ4n) is 1.99. The number of H-pyrrole nitrogens is 1. The number of aromatic nitrogens is 1. The van der Waals surface area contributed by atoms with Gasteiger partial charge in [0.25, 0.3) is 11.5 Å². The second-order valence-electron chi connectivity index (χ2n) is 4.85. The first-order valence-electron chi connectivity index (χ1n) is 6.77. The highest BCUT2D eigenvalue weighted by Crippen LogP contribution is 2.07. The first kappa shape index (κ1) is 16.4. The molecule has 2 N–H and O–H groups in total. The third-order valence-electron chi connectivity index (χ3n) is 3.25. The fourth-order valence-corrected chi connectivity index (χ4v) is 1.99. The largest absolute Gasteiger partial charge is 0.465 e. The predicted octanol–water partition coefficient (Wildman–Crippen LogP) is 1.54. The Hall–Kier alpha value is -2.96. The summed E-state index contributed by atoms with van der Waals surface area (Å²) in [5.74, 6) is -1.66. The minimum Gasteiger partial charge on any atom is -0.465 e. The van der Waals surface area contributed by atoms with Crippen molar-refractivity contribution in [2.75, 3.05) is 7.11 Å². The molecule has 7 heteroatoms. The molecule has 0 saturated carbocycles. The maximum atomic E-state index is 12.8. The van der Waals surface area contributed by atoms with E-state index >= 15 is 0 Å². The molecule has 0 spiro atoms. The van der Waals surface area contributed by atoms with Gasteiger partial charge in [-0.25, -0.2) is 9.18 Å². The van der Waals surface area contributed by atoms with E-state index in [4.69, 9.17) is 0 Å². The SMILES string of the molecule is COC(=O)c1cc(C(=O)NCc2ccc(F)cc2)c(=O)[nH]c1C. The number of benzene rings is 1. The Balaban J connectivity index is 2.20. The number of ether oxygens (including phenoxy) is 1. The second-order valence-corrected chi connectivity index (χ2v) is 4.85. The van der Waals surface area contributed by atoms with Gasteiger partial charge in [0.15, 0.2) is 0 Å². The quantitative estimate of drug-likeness (QED) is 0.837. The minimum absolute atomic E-state index is 0.110. The van der Waals surface area contributed by atoms with E-state index in [1.165, 1.54) is 44.4 Å². The Bertz CT molecular complexity index is 797. The van der Waals surface area contributed by atoms with Crippen molar-refractivity contribution in [3.8, 4) is 0 Å². The van der Waals surface area contributed by atoms with Crippen molar-refractivity contribution in [3.05, 3.63) is 68.9 Å². The van der Waals surface area contributed by atoms with Gasteiger partial charge in [-0.3, -0.25) is 9.59 Å². The number of hydrogen-bond donors (Lipinski definition) is 2. The zero-order valence-electron chi connectivity index (χ0n) is 12.6. The summed E-state index contributed by atoms with van der Waals surface area (Å²) in [6, 6.07) is 6.79. The number of carbonyl (C=O) groups excluding carboxylic acids is 2. The van der Waals surface area contributed by atoms with Gasteiger partial charge in [-0.1, -0.05) is 12.1 Å². The van der Waals surface area contributed by atoms with Crippen molar-refractivity contribution in [2.24, 2.45) is 0 Å². The van der Waals surface area contributed by atoms with Crippen LogP contribution in [0.15, 0.2) is 35.1 Å². The molecule has 0 atom stereocenters. The summed E-state index contributed by atoms with van der Waals surface area (Å²) in [6.07, 6.45) is 0. The fraction of sp³-hybridized carbons (Fsp3) is 0.188. The van der Waals surface area contributed by atoms with Crippen LogP contribution in [0.25, 0.3) is 0 Å². The van der Waals surface area contributed by atoms with E-state index in [-0.39, 0.29) is 23.5 Å². The second kappa shape index (κ2) is 6.87. The summed E-state index contributed by atoms with van der Waals surface area (Å²) in [5, 5.41) is 2.55. The van der Waals surface area contributed by atoms with Crippen molar-refractivity contribution in [1.82, 2.24) is 10.3 Å². The average molecular weight is 318 g/mol. The van der Waals surface area contributed by atoms with Gasteiger partial charge in [-0.05, 0) is 30.7 Å². The topological polar surface area (TPSA) is 88.3 Å². The van der Waals surface area contributed by atoms with Crippen molar-refractivity contribution >= 4 is 11.9 Å². The summed E-state index contributed by atoms with van der Waals surface area (Å²) in [7, 11) is 1.21. The molecular weight excluding hydrogens is 303 g/mol. The average Bonchev–Trinajstić information content (AvgIpc) is 2.53. The molecule has 2 aromatic rings. The maximum absolute atomic E-state index is 12.8. The van der Waals surface area contributed by atoms with E-state index in [1.54, 1.807) is 0 Å². The van der Waals surface area contributed by atoms with Gasteiger partial charge in [0.2, 0.25) is 0 Å². The van der Waals surface area contributed by atoms with Crippen molar-refractivity contribution in [1.29, 1.82) is 0 Å². The number of hydrogen-bond acceptors (Lipinski definition) is 4. The van der Waals surface area contributed by atoms with Crippen LogP contribution in [-0.4, -0.2) is 24.0 Å². The van der Waals surface area contributed by atoms with Crippen LogP contribution in [0.2, 0.25) is 0 Å². The normalized spacial score (nSPS) is 10.2. The molecule has 1 aromatic carbocycles. The van der Waals surface area contributed by atoms with Gasteiger partial charge in [0, 0.05) is 12.2 Å². The molecule has 0 aliphatic carbocycles. The zero-order chi connectivity index (χ0) is 17.0. The molecule has 0 fully saturated rings. The first-order chi connectivity index (χ1) is 10.9. The van der Waals surface area contributed by atoms with Gasteiger partial charge in [0.05, 0.1) is 12.7 Å². The van der Waals surface area contributed by atoms with E-state index in [1.807, 2.05) is 0 Å². The Morgan fingerprint density at radius 2 is 1.87 bits per heavy atom. The molecule has 0 aliphatic rings. The van der Waals surface area contributed by atoms with E-state index in [9.17, 15) is 18.8 Å². The molecule has 0 saturated heterocycles. The van der Waals surface area contributed by atoms with Gasteiger partial charge in [-0.15, -0.1) is 0 Å². The lowest BCUT2D eigenvalue weighted by Gasteiger charge is -2.08. The summed E-state index contributed by atoms with van der Waals surface area (Å²) in [6.45, 7) is 1.66. The standard InChI is InChI=1S/C16H15FN2O4/c1-9-12(16(22)23-2)7-13(15(21)19-9)14(20)18-8-10-3-5-11(17)6-4-10/h3-7H,8H2,1-2H3,(H,18,20)(H,19,21). The van der Waals surface area contributed by atoms with Crippen LogP contribution in [0.3, 0.4) is 0 Å². The van der Waals surface area contributed by atoms with Crippen molar-refractivity contribution in [3.63, 3.8) is 0 Å². The molecule has 23 heavy (non-hydrogen) atoms. The first-order valence-corrected chi connectivity index (χ1v) is 6.77. The molecule has 0 bridgehead atoms. The Labute approximate surface area is 131 Å². The number of pyridine rings is 1. The molecule has 1 aromatic heterocycles. The van der Waals surface area contributed by atoms with E-state index in [0.717, 1.165) is 0 Å². The molecule has 1 heterocycles. The van der Waals surface area contributed by atoms with Crippen LogP contribution >= 0.6 is 0 Å². The van der Waals surface area contributed by atoms with E-state index in [2.05, 4.69) is 15.0 Å². The molecule has 0 radical (unpaired) electrons. The highest BCUT2D eigenvalue weighted by molar-refractivity contribution is 5.97. The van der Waals surface area contributed by atoms with Crippen LogP contribution in [0, 0.1) is 12.7 Å². The Morgan fingerprint density at radius 3 is 2.48 bits per heavy atom. The molecule has 6 nitrogen and oxygen atoms in total. The molecule has 2 rings (SSSR count). The number of amides is 1. The van der Waals surface area contributed by atoms with Crippen LogP contribution in [0.4, 0.5) is 4.39 Å². The van der Waals surface area contributed by atoms with Gasteiger partial charge < -0.3 is 15.0 Å². The maximum Gasteiger partial charge on any atom is 0.339 e.